The Labute approximate surface area is 102 Å². The predicted octanol–water partition coefficient (Wildman–Crippen LogP) is -0.277. The van der Waals surface area contributed by atoms with E-state index in [2.05, 4.69) is 10.6 Å². The summed E-state index contributed by atoms with van der Waals surface area (Å²) in [7, 11) is 1.63. The molecule has 5 heteroatoms. The molecule has 2 amide bonds. The van der Waals surface area contributed by atoms with E-state index in [-0.39, 0.29) is 23.8 Å². The molecule has 17 heavy (non-hydrogen) atoms. The monoisotopic (exact) mass is 239 g/mol. The van der Waals surface area contributed by atoms with Crippen molar-refractivity contribution in [3.05, 3.63) is 0 Å². The Morgan fingerprint density at radius 2 is 2.12 bits per heavy atom. The molecule has 0 aromatic rings. The van der Waals surface area contributed by atoms with Gasteiger partial charge < -0.3 is 15.5 Å². The molecular formula is C12H21N3O2. The van der Waals surface area contributed by atoms with E-state index in [1.807, 2.05) is 0 Å². The summed E-state index contributed by atoms with van der Waals surface area (Å²) in [4.78, 5) is 25.8. The molecule has 0 radical (unpaired) electrons. The van der Waals surface area contributed by atoms with Crippen molar-refractivity contribution in [1.82, 2.24) is 15.5 Å². The minimum Gasteiger partial charge on any atom is -0.357 e. The normalized spacial score (nSPS) is 29.1. The zero-order valence-electron chi connectivity index (χ0n) is 10.4. The van der Waals surface area contributed by atoms with Gasteiger partial charge in [-0.05, 0) is 32.2 Å². The van der Waals surface area contributed by atoms with E-state index < -0.39 is 0 Å². The largest absolute Gasteiger partial charge is 0.357 e. The molecule has 96 valence electrons. The van der Waals surface area contributed by atoms with E-state index in [9.17, 15) is 9.59 Å². The number of likely N-dealkylation sites (tertiary alicyclic amines) is 1. The number of carbonyl (C=O) groups excluding carboxylic acids is 2. The number of amides is 2. The molecule has 2 aliphatic heterocycles. The first-order valence-electron chi connectivity index (χ1n) is 6.47. The molecule has 0 saturated carbocycles. The van der Waals surface area contributed by atoms with Crippen LogP contribution in [-0.4, -0.2) is 49.4 Å². The number of piperidine rings is 1. The smallest absolute Gasteiger partial charge is 0.242 e. The molecule has 2 heterocycles. The van der Waals surface area contributed by atoms with Gasteiger partial charge in [0.1, 0.15) is 6.04 Å². The zero-order chi connectivity index (χ0) is 12.3. The van der Waals surface area contributed by atoms with Crippen molar-refractivity contribution in [2.45, 2.75) is 31.7 Å². The third-order valence-electron chi connectivity index (χ3n) is 3.73. The van der Waals surface area contributed by atoms with Crippen LogP contribution in [-0.2, 0) is 9.59 Å². The molecule has 2 atom stereocenters. The second kappa shape index (κ2) is 5.49. The van der Waals surface area contributed by atoms with Crippen LogP contribution in [0.4, 0.5) is 0 Å². The van der Waals surface area contributed by atoms with Gasteiger partial charge in [-0.1, -0.05) is 0 Å². The minimum absolute atomic E-state index is 0.0281. The Kier molecular flexibility index (Phi) is 3.99. The standard InChI is InChI=1S/C12H21N3O2/c1-13-11(16)10-5-3-7-15(10)12(17)9-4-2-6-14-8-9/h9-10,14H,2-8H2,1H3,(H,13,16)/t9-,10?/m0/s1. The molecule has 2 aliphatic rings. The third kappa shape index (κ3) is 2.60. The van der Waals surface area contributed by atoms with Gasteiger partial charge in [-0.25, -0.2) is 0 Å². The van der Waals surface area contributed by atoms with Crippen LogP contribution in [0.25, 0.3) is 0 Å². The lowest BCUT2D eigenvalue weighted by molar-refractivity contribution is -0.141. The van der Waals surface area contributed by atoms with E-state index in [1.54, 1.807) is 11.9 Å². The Morgan fingerprint density at radius 3 is 2.76 bits per heavy atom. The summed E-state index contributed by atoms with van der Waals surface area (Å²) in [6, 6.07) is -0.241. The minimum atomic E-state index is -0.241. The van der Waals surface area contributed by atoms with Crippen LogP contribution < -0.4 is 10.6 Å². The molecule has 0 bridgehead atoms. The highest BCUT2D eigenvalue weighted by Gasteiger charge is 2.36. The molecule has 0 aromatic carbocycles. The average Bonchev–Trinajstić information content (AvgIpc) is 2.87. The van der Waals surface area contributed by atoms with E-state index in [4.69, 9.17) is 0 Å². The molecular weight excluding hydrogens is 218 g/mol. The topological polar surface area (TPSA) is 61.4 Å². The number of nitrogens with one attached hydrogen (secondary N) is 2. The number of hydrogen-bond donors (Lipinski definition) is 2. The van der Waals surface area contributed by atoms with Crippen molar-refractivity contribution in [3.8, 4) is 0 Å². The SMILES string of the molecule is CNC(=O)C1CCCN1C(=O)[C@H]1CCCNC1. The summed E-state index contributed by atoms with van der Waals surface area (Å²) in [6.45, 7) is 2.49. The van der Waals surface area contributed by atoms with Crippen LogP contribution in [0, 0.1) is 5.92 Å². The van der Waals surface area contributed by atoms with E-state index >= 15 is 0 Å². The van der Waals surface area contributed by atoms with Gasteiger partial charge in [0.25, 0.3) is 0 Å². The summed E-state index contributed by atoms with van der Waals surface area (Å²) in [5.74, 6) is 0.192. The van der Waals surface area contributed by atoms with Crippen molar-refractivity contribution < 1.29 is 9.59 Å². The molecule has 0 spiro atoms. The maximum Gasteiger partial charge on any atom is 0.242 e. The third-order valence-corrected chi connectivity index (χ3v) is 3.73. The van der Waals surface area contributed by atoms with E-state index in [0.29, 0.717) is 0 Å². The van der Waals surface area contributed by atoms with Gasteiger partial charge in [0.15, 0.2) is 0 Å². The molecule has 1 unspecified atom stereocenters. The van der Waals surface area contributed by atoms with Crippen LogP contribution in [0.3, 0.4) is 0 Å². The highest BCUT2D eigenvalue weighted by atomic mass is 16.2. The fraction of sp³-hybridized carbons (Fsp3) is 0.833. The fourth-order valence-corrected chi connectivity index (χ4v) is 2.77. The lowest BCUT2D eigenvalue weighted by Crippen LogP contribution is -2.49. The van der Waals surface area contributed by atoms with Crippen molar-refractivity contribution in [2.75, 3.05) is 26.7 Å². The van der Waals surface area contributed by atoms with Gasteiger partial charge in [0, 0.05) is 20.1 Å². The second-order valence-electron chi connectivity index (χ2n) is 4.85. The van der Waals surface area contributed by atoms with E-state index in [1.165, 1.54) is 0 Å². The lowest BCUT2D eigenvalue weighted by Gasteiger charge is -2.30. The van der Waals surface area contributed by atoms with Gasteiger partial charge in [0.2, 0.25) is 11.8 Å². The van der Waals surface area contributed by atoms with Gasteiger partial charge in [-0.3, -0.25) is 9.59 Å². The second-order valence-corrected chi connectivity index (χ2v) is 4.85. The lowest BCUT2D eigenvalue weighted by atomic mass is 9.97. The number of carbonyl (C=O) groups is 2. The van der Waals surface area contributed by atoms with Crippen LogP contribution >= 0.6 is 0 Å². The van der Waals surface area contributed by atoms with Crippen molar-refractivity contribution in [2.24, 2.45) is 5.92 Å². The van der Waals surface area contributed by atoms with Crippen molar-refractivity contribution in [1.29, 1.82) is 0 Å². The quantitative estimate of drug-likeness (QED) is 0.697. The number of likely N-dealkylation sites (N-methyl/N-ethyl adjacent to an activating group) is 1. The molecule has 2 rings (SSSR count). The molecule has 2 N–H and O–H groups in total. The number of hydrogen-bond acceptors (Lipinski definition) is 3. The fourth-order valence-electron chi connectivity index (χ4n) is 2.77. The van der Waals surface area contributed by atoms with Crippen LogP contribution in [0.5, 0.6) is 0 Å². The Morgan fingerprint density at radius 1 is 1.29 bits per heavy atom. The van der Waals surface area contributed by atoms with Gasteiger partial charge >= 0.3 is 0 Å². The molecule has 0 aromatic heterocycles. The highest BCUT2D eigenvalue weighted by molar-refractivity contribution is 5.89. The molecule has 2 fully saturated rings. The maximum atomic E-state index is 12.3. The van der Waals surface area contributed by atoms with E-state index in [0.717, 1.165) is 45.3 Å². The summed E-state index contributed by atoms with van der Waals surface area (Å²) in [5.41, 5.74) is 0. The summed E-state index contributed by atoms with van der Waals surface area (Å²) < 4.78 is 0. The predicted molar refractivity (Wildman–Crippen MR) is 64.4 cm³/mol. The Bertz CT molecular complexity index is 300. The average molecular weight is 239 g/mol. The summed E-state index contributed by atoms with van der Waals surface area (Å²) in [6.07, 6.45) is 3.73. The first-order chi connectivity index (χ1) is 8.24. The molecule has 5 nitrogen and oxygen atoms in total. The van der Waals surface area contributed by atoms with Gasteiger partial charge in [-0.15, -0.1) is 0 Å². The zero-order valence-corrected chi connectivity index (χ0v) is 10.4. The van der Waals surface area contributed by atoms with Gasteiger partial charge in [0.05, 0.1) is 5.92 Å². The van der Waals surface area contributed by atoms with Crippen molar-refractivity contribution >= 4 is 11.8 Å². The number of nitrogens with zero attached hydrogens (tertiary/aromatic N) is 1. The highest BCUT2D eigenvalue weighted by Crippen LogP contribution is 2.22. The van der Waals surface area contributed by atoms with Gasteiger partial charge in [-0.2, -0.15) is 0 Å². The first-order valence-corrected chi connectivity index (χ1v) is 6.47. The first kappa shape index (κ1) is 12.4. The Hall–Kier alpha value is -1.10. The molecule has 2 saturated heterocycles. The Balaban J connectivity index is 1.99. The van der Waals surface area contributed by atoms with Crippen molar-refractivity contribution in [3.63, 3.8) is 0 Å². The van der Waals surface area contributed by atoms with Crippen LogP contribution in [0.15, 0.2) is 0 Å². The maximum absolute atomic E-state index is 12.3. The van der Waals surface area contributed by atoms with Crippen LogP contribution in [0.2, 0.25) is 0 Å². The summed E-state index contributed by atoms with van der Waals surface area (Å²) in [5, 5.41) is 5.90. The summed E-state index contributed by atoms with van der Waals surface area (Å²) >= 11 is 0. The molecule has 0 aliphatic carbocycles. The van der Waals surface area contributed by atoms with Crippen LogP contribution in [0.1, 0.15) is 25.7 Å². The number of rotatable bonds is 2.